The van der Waals surface area contributed by atoms with Gasteiger partial charge in [-0.05, 0) is 13.8 Å². The van der Waals surface area contributed by atoms with E-state index in [2.05, 4.69) is 10.6 Å². The normalized spacial score (nSPS) is 21.5. The van der Waals surface area contributed by atoms with Crippen molar-refractivity contribution in [1.82, 2.24) is 10.6 Å². The van der Waals surface area contributed by atoms with Gasteiger partial charge in [0.05, 0.1) is 18.6 Å². The van der Waals surface area contributed by atoms with Crippen molar-refractivity contribution in [1.29, 1.82) is 0 Å². The SMILES string of the molecule is CC(C)(CNC(=O)C1COCCN1)C(N)=O. The maximum atomic E-state index is 11.7. The minimum absolute atomic E-state index is 0.158. The zero-order valence-corrected chi connectivity index (χ0v) is 9.71. The van der Waals surface area contributed by atoms with Gasteiger partial charge in [-0.1, -0.05) is 0 Å². The van der Waals surface area contributed by atoms with E-state index in [0.29, 0.717) is 19.8 Å². The summed E-state index contributed by atoms with van der Waals surface area (Å²) in [6.45, 7) is 5.27. The van der Waals surface area contributed by atoms with E-state index in [4.69, 9.17) is 10.5 Å². The van der Waals surface area contributed by atoms with Crippen LogP contribution < -0.4 is 16.4 Å². The number of ether oxygens (including phenoxy) is 1. The fourth-order valence-corrected chi connectivity index (χ4v) is 1.25. The van der Waals surface area contributed by atoms with Gasteiger partial charge in [-0.15, -0.1) is 0 Å². The summed E-state index contributed by atoms with van der Waals surface area (Å²) in [4.78, 5) is 22.7. The van der Waals surface area contributed by atoms with Crippen LogP contribution in [-0.2, 0) is 14.3 Å². The summed E-state index contributed by atoms with van der Waals surface area (Å²) in [7, 11) is 0. The first-order valence-corrected chi connectivity index (χ1v) is 5.32. The molecule has 1 atom stereocenters. The molecule has 1 rings (SSSR count). The van der Waals surface area contributed by atoms with Crippen LogP contribution in [0.5, 0.6) is 0 Å². The zero-order valence-electron chi connectivity index (χ0n) is 9.71. The summed E-state index contributed by atoms with van der Waals surface area (Å²) >= 11 is 0. The van der Waals surface area contributed by atoms with Crippen molar-refractivity contribution >= 4 is 11.8 Å². The number of nitrogens with one attached hydrogen (secondary N) is 2. The van der Waals surface area contributed by atoms with E-state index >= 15 is 0 Å². The van der Waals surface area contributed by atoms with Crippen molar-refractivity contribution in [2.75, 3.05) is 26.3 Å². The first kappa shape index (κ1) is 12.9. The Bertz CT molecular complexity index is 272. The Labute approximate surface area is 94.9 Å². The highest BCUT2D eigenvalue weighted by Gasteiger charge is 2.27. The molecule has 1 aliphatic heterocycles. The Balaban J connectivity index is 2.37. The van der Waals surface area contributed by atoms with Crippen LogP contribution in [0.4, 0.5) is 0 Å². The van der Waals surface area contributed by atoms with Gasteiger partial charge in [-0.3, -0.25) is 9.59 Å². The predicted molar refractivity (Wildman–Crippen MR) is 58.6 cm³/mol. The van der Waals surface area contributed by atoms with E-state index in [1.54, 1.807) is 13.8 Å². The first-order valence-electron chi connectivity index (χ1n) is 5.32. The molecule has 0 aromatic rings. The Hall–Kier alpha value is -1.14. The van der Waals surface area contributed by atoms with Crippen LogP contribution in [0.15, 0.2) is 0 Å². The quantitative estimate of drug-likeness (QED) is 0.553. The molecule has 6 heteroatoms. The molecule has 1 saturated heterocycles. The Morgan fingerprint density at radius 1 is 1.56 bits per heavy atom. The summed E-state index contributed by atoms with van der Waals surface area (Å²) < 4.78 is 5.17. The number of hydrogen-bond donors (Lipinski definition) is 3. The van der Waals surface area contributed by atoms with Gasteiger partial charge in [0.2, 0.25) is 11.8 Å². The van der Waals surface area contributed by atoms with Gasteiger partial charge in [0.15, 0.2) is 0 Å². The summed E-state index contributed by atoms with van der Waals surface area (Å²) in [5.41, 5.74) is 4.47. The average molecular weight is 229 g/mol. The molecule has 1 fully saturated rings. The maximum Gasteiger partial charge on any atom is 0.239 e. The van der Waals surface area contributed by atoms with Gasteiger partial charge in [0, 0.05) is 13.1 Å². The van der Waals surface area contributed by atoms with Crippen LogP contribution in [0.1, 0.15) is 13.8 Å². The van der Waals surface area contributed by atoms with E-state index in [9.17, 15) is 9.59 Å². The number of rotatable bonds is 4. The van der Waals surface area contributed by atoms with Crippen LogP contribution in [-0.4, -0.2) is 44.2 Å². The van der Waals surface area contributed by atoms with Gasteiger partial charge in [-0.25, -0.2) is 0 Å². The lowest BCUT2D eigenvalue weighted by Crippen LogP contribution is -2.53. The van der Waals surface area contributed by atoms with Crippen molar-refractivity contribution in [2.24, 2.45) is 11.1 Å². The summed E-state index contributed by atoms with van der Waals surface area (Å²) in [5.74, 6) is -0.588. The average Bonchev–Trinajstić information content (AvgIpc) is 2.27. The molecule has 92 valence electrons. The van der Waals surface area contributed by atoms with Crippen molar-refractivity contribution in [3.63, 3.8) is 0 Å². The van der Waals surface area contributed by atoms with E-state index in [0.717, 1.165) is 0 Å². The van der Waals surface area contributed by atoms with Crippen LogP contribution in [0.2, 0.25) is 0 Å². The summed E-state index contributed by atoms with van der Waals surface area (Å²) in [6.07, 6.45) is 0. The van der Waals surface area contributed by atoms with E-state index in [1.807, 2.05) is 0 Å². The molecule has 0 aliphatic carbocycles. The highest BCUT2D eigenvalue weighted by Crippen LogP contribution is 2.11. The fourth-order valence-electron chi connectivity index (χ4n) is 1.25. The molecule has 1 unspecified atom stereocenters. The number of primary amides is 1. The van der Waals surface area contributed by atoms with E-state index in [1.165, 1.54) is 0 Å². The van der Waals surface area contributed by atoms with Crippen LogP contribution >= 0.6 is 0 Å². The molecular formula is C10H19N3O3. The minimum Gasteiger partial charge on any atom is -0.378 e. The lowest BCUT2D eigenvalue weighted by molar-refractivity contribution is -0.128. The molecule has 0 aromatic heterocycles. The second-order valence-corrected chi connectivity index (χ2v) is 4.55. The number of amides is 2. The highest BCUT2D eigenvalue weighted by molar-refractivity contribution is 5.84. The third-order valence-corrected chi connectivity index (χ3v) is 2.61. The third-order valence-electron chi connectivity index (χ3n) is 2.61. The molecule has 1 heterocycles. The predicted octanol–water partition coefficient (Wildman–Crippen LogP) is -1.40. The molecule has 2 amide bonds. The maximum absolute atomic E-state index is 11.7. The number of carbonyl (C=O) groups excluding carboxylic acids is 2. The Kier molecular flexibility index (Phi) is 4.26. The zero-order chi connectivity index (χ0) is 12.2. The highest BCUT2D eigenvalue weighted by atomic mass is 16.5. The minimum atomic E-state index is -0.731. The number of nitrogens with two attached hydrogens (primary N) is 1. The Morgan fingerprint density at radius 3 is 2.75 bits per heavy atom. The molecule has 0 spiro atoms. The van der Waals surface area contributed by atoms with Crippen molar-refractivity contribution < 1.29 is 14.3 Å². The molecule has 0 radical (unpaired) electrons. The Morgan fingerprint density at radius 2 is 2.25 bits per heavy atom. The van der Waals surface area contributed by atoms with Crippen LogP contribution in [0, 0.1) is 5.41 Å². The van der Waals surface area contributed by atoms with Gasteiger partial charge < -0.3 is 21.1 Å². The van der Waals surface area contributed by atoms with E-state index < -0.39 is 11.3 Å². The second kappa shape index (κ2) is 5.27. The summed E-state index contributed by atoms with van der Waals surface area (Å²) in [5, 5.41) is 5.72. The monoisotopic (exact) mass is 229 g/mol. The first-order chi connectivity index (χ1) is 7.43. The second-order valence-electron chi connectivity index (χ2n) is 4.55. The van der Waals surface area contributed by atoms with Gasteiger partial charge in [0.1, 0.15) is 6.04 Å². The van der Waals surface area contributed by atoms with E-state index in [-0.39, 0.29) is 18.5 Å². The largest absolute Gasteiger partial charge is 0.378 e. The van der Waals surface area contributed by atoms with Crippen molar-refractivity contribution in [3.8, 4) is 0 Å². The van der Waals surface area contributed by atoms with Crippen LogP contribution in [0.3, 0.4) is 0 Å². The molecule has 0 saturated carbocycles. The molecule has 16 heavy (non-hydrogen) atoms. The molecule has 4 N–H and O–H groups in total. The number of hydrogen-bond acceptors (Lipinski definition) is 4. The molecule has 0 bridgehead atoms. The summed E-state index contributed by atoms with van der Waals surface area (Å²) in [6, 6.07) is -0.336. The van der Waals surface area contributed by atoms with Gasteiger partial charge >= 0.3 is 0 Å². The molecule has 0 aromatic carbocycles. The smallest absolute Gasteiger partial charge is 0.239 e. The van der Waals surface area contributed by atoms with Gasteiger partial charge in [-0.2, -0.15) is 0 Å². The molecular weight excluding hydrogens is 210 g/mol. The lowest BCUT2D eigenvalue weighted by Gasteiger charge is -2.26. The van der Waals surface area contributed by atoms with Crippen molar-refractivity contribution in [3.05, 3.63) is 0 Å². The fraction of sp³-hybridized carbons (Fsp3) is 0.800. The topological polar surface area (TPSA) is 93.4 Å². The number of morpholine rings is 1. The molecule has 6 nitrogen and oxygen atoms in total. The molecule has 1 aliphatic rings. The standard InChI is InChI=1S/C10H19N3O3/c1-10(2,9(11)15)6-13-8(14)7-5-16-4-3-12-7/h7,12H,3-6H2,1-2H3,(H2,11,15)(H,13,14). The van der Waals surface area contributed by atoms with Crippen LogP contribution in [0.25, 0.3) is 0 Å². The number of carbonyl (C=O) groups is 2. The lowest BCUT2D eigenvalue weighted by atomic mass is 9.92. The third kappa shape index (κ3) is 3.46. The van der Waals surface area contributed by atoms with Gasteiger partial charge in [0.25, 0.3) is 0 Å². The van der Waals surface area contributed by atoms with Crippen molar-refractivity contribution in [2.45, 2.75) is 19.9 Å².